The minimum atomic E-state index is -4.64. The van der Waals surface area contributed by atoms with Gasteiger partial charge in [0.15, 0.2) is 0 Å². The molecule has 6 aliphatic rings. The van der Waals surface area contributed by atoms with Crippen LogP contribution in [-0.4, -0.2) is 146 Å². The number of imide groups is 2. The van der Waals surface area contributed by atoms with Crippen molar-refractivity contribution in [1.82, 2.24) is 48.9 Å². The molecule has 2 spiro atoms. The van der Waals surface area contributed by atoms with E-state index in [0.29, 0.717) is 54.8 Å². The molecule has 0 bridgehead atoms. The Morgan fingerprint density at radius 3 is 1.48 bits per heavy atom. The number of benzene rings is 2. The van der Waals surface area contributed by atoms with Gasteiger partial charge in [-0.2, -0.15) is 13.2 Å². The van der Waals surface area contributed by atoms with Crippen LogP contribution in [0.5, 0.6) is 0 Å². The van der Waals surface area contributed by atoms with Gasteiger partial charge in [0.05, 0.1) is 46.3 Å². The van der Waals surface area contributed by atoms with E-state index < -0.39 is 42.0 Å². The predicted molar refractivity (Wildman–Crippen MR) is 281 cm³/mol. The van der Waals surface area contributed by atoms with Crippen molar-refractivity contribution in [3.05, 3.63) is 68.5 Å². The van der Waals surface area contributed by atoms with E-state index in [4.69, 9.17) is 10.9 Å². The van der Waals surface area contributed by atoms with Gasteiger partial charge in [-0.3, -0.25) is 62.7 Å². The van der Waals surface area contributed by atoms with Gasteiger partial charge in [0.1, 0.15) is 17.7 Å². The number of imidazole rings is 2. The van der Waals surface area contributed by atoms with Gasteiger partial charge in [0.25, 0.3) is 0 Å². The van der Waals surface area contributed by atoms with Crippen LogP contribution >= 0.6 is 0 Å². The first-order chi connectivity index (χ1) is 36.9. The molecule has 6 aliphatic heterocycles. The molecular weight excluding hydrogens is 1000 g/mol. The van der Waals surface area contributed by atoms with Gasteiger partial charge in [-0.15, -0.1) is 0 Å². The van der Waals surface area contributed by atoms with Crippen LogP contribution < -0.4 is 27.3 Å². The zero-order chi connectivity index (χ0) is 56.7. The van der Waals surface area contributed by atoms with Crippen LogP contribution in [0.25, 0.3) is 22.1 Å². The number of rotatable bonds is 4. The Labute approximate surface area is 446 Å². The summed E-state index contributed by atoms with van der Waals surface area (Å²) in [6.45, 7) is 17.1. The first kappa shape index (κ1) is 56.2. The standard InChI is InChI=1S/C28H35N5O5.C23H27N5O3.C2HF3O.C2H6/c1-27(2,3)38-26(37)32-17-28(18-32)12-15-31(16-13-28)14-6-8-19-7-5-9-20-23(19)30(4)25(36)33(20)21-10-11-22(34)29-24(21)35;1-26-20-16(5-3-11-27-12-9-23(10-13-27)14-24-15-23)4-2-6-17(20)28(22(26)31)18-7-8-19(29)25-21(18)30;3-2(4,5)1-6;1-2/h5,7,9,21H,10-18H2,1-4H3,(H,29,34,35);2,4,6,18,24H,7-15H2,1H3,(H,25,29,30);1H;1-2H3/i;;;1D. The molecule has 0 radical (unpaired) electrons. The minimum absolute atomic E-state index is 0.184. The third kappa shape index (κ3) is 13.2. The molecule has 6 saturated heterocycles. The number of aryl methyl sites for hydroxylation is 2. The Hall–Kier alpha value is -7.01. The van der Waals surface area contributed by atoms with E-state index in [1.165, 1.54) is 26.5 Å². The maximum atomic E-state index is 13.1. The topological polar surface area (TPSA) is 211 Å². The summed E-state index contributed by atoms with van der Waals surface area (Å²) in [7, 11) is 3.39. The summed E-state index contributed by atoms with van der Waals surface area (Å²) in [5.41, 5.74) is 3.88. The van der Waals surface area contributed by atoms with Crippen LogP contribution in [0.1, 0.15) is 111 Å². The number of carbonyl (C=O) groups is 6. The molecular formula is C55H69F3N10O9. The molecule has 6 fully saturated rings. The Morgan fingerprint density at radius 1 is 0.727 bits per heavy atom. The number of amides is 5. The highest BCUT2D eigenvalue weighted by Gasteiger charge is 2.48. The number of piperidine rings is 4. The summed E-state index contributed by atoms with van der Waals surface area (Å²) in [5.74, 6) is 11.6. The lowest BCUT2D eigenvalue weighted by Gasteiger charge is -2.53. The van der Waals surface area contributed by atoms with Crippen LogP contribution in [0.3, 0.4) is 0 Å². The molecule has 414 valence electrons. The zero-order valence-corrected chi connectivity index (χ0v) is 44.6. The lowest BCUT2D eigenvalue weighted by atomic mass is 9.72. The first-order valence-corrected chi connectivity index (χ1v) is 25.9. The fourth-order valence-electron chi connectivity index (χ4n) is 10.8. The van der Waals surface area contributed by atoms with Gasteiger partial charge in [0.2, 0.25) is 29.9 Å². The molecule has 3 N–H and O–H groups in total. The average Bonchev–Trinajstić information content (AvgIpc) is 3.77. The Bertz CT molecular complexity index is 3170. The number of nitrogens with zero attached hydrogens (tertiary/aromatic N) is 7. The number of hydrogen-bond acceptors (Lipinski definition) is 12. The smallest absolute Gasteiger partial charge is 0.444 e. The number of halogens is 3. The van der Waals surface area contributed by atoms with Crippen LogP contribution in [0.2, 0.25) is 0 Å². The number of para-hydroxylation sites is 2. The molecule has 5 amide bonds. The van der Waals surface area contributed by atoms with E-state index in [1.807, 2.05) is 57.2 Å². The second kappa shape index (κ2) is 23.7. The fourth-order valence-corrected chi connectivity index (χ4v) is 10.8. The summed E-state index contributed by atoms with van der Waals surface area (Å²) >= 11 is 0. The van der Waals surface area contributed by atoms with Crippen molar-refractivity contribution in [3.8, 4) is 23.7 Å². The van der Waals surface area contributed by atoms with Gasteiger partial charge in [0, 0.05) is 59.9 Å². The van der Waals surface area contributed by atoms with Crippen molar-refractivity contribution in [2.75, 3.05) is 65.4 Å². The second-order valence-corrected chi connectivity index (χ2v) is 21.5. The van der Waals surface area contributed by atoms with E-state index in [-0.39, 0.29) is 47.5 Å². The van der Waals surface area contributed by atoms with Gasteiger partial charge < -0.3 is 15.0 Å². The molecule has 2 atom stereocenters. The molecule has 77 heavy (non-hydrogen) atoms. The monoisotopic (exact) mass is 1070 g/mol. The van der Waals surface area contributed by atoms with Crippen molar-refractivity contribution >= 4 is 58.1 Å². The number of aromatic nitrogens is 4. The zero-order valence-electron chi connectivity index (χ0n) is 45.6. The SMILES string of the molecule is Cn1c(=O)n(C2CCC(=O)NC2=O)c2cccc(C#CCN3CCC4(CC3)CN(C(=O)OC(C)(C)C)C4)c21.Cn1c(=O)n(C2CCC(=O)NC2=O)c2cccc(C#CCN3CCC4(CC3)CNC4)c21.O=CC(F)(F)F.[2H]CC. The lowest BCUT2D eigenvalue weighted by molar-refractivity contribution is -0.156. The maximum Gasteiger partial charge on any atom is 0.446 e. The highest BCUT2D eigenvalue weighted by atomic mass is 19.4. The number of nitrogens with one attached hydrogen (secondary N) is 3. The predicted octanol–water partition coefficient (Wildman–Crippen LogP) is 4.13. The third-order valence-electron chi connectivity index (χ3n) is 15.0. The van der Waals surface area contributed by atoms with Crippen LogP contribution in [0.4, 0.5) is 18.0 Å². The molecule has 0 saturated carbocycles. The Balaban J connectivity index is 0.000000199. The van der Waals surface area contributed by atoms with Gasteiger partial charge >= 0.3 is 23.6 Å². The van der Waals surface area contributed by atoms with Crippen molar-refractivity contribution in [2.24, 2.45) is 24.9 Å². The van der Waals surface area contributed by atoms with Crippen LogP contribution in [-0.2, 0) is 42.8 Å². The molecule has 2 aromatic carbocycles. The van der Waals surface area contributed by atoms with Crippen molar-refractivity contribution in [2.45, 2.75) is 110 Å². The third-order valence-corrected chi connectivity index (χ3v) is 15.0. The number of fused-ring (bicyclic) bond motifs is 2. The number of ether oxygens (including phenoxy) is 1. The van der Waals surface area contributed by atoms with Crippen molar-refractivity contribution in [3.63, 3.8) is 0 Å². The second-order valence-electron chi connectivity index (χ2n) is 21.5. The van der Waals surface area contributed by atoms with E-state index >= 15 is 0 Å². The number of carbonyl (C=O) groups excluding carboxylic acids is 6. The van der Waals surface area contributed by atoms with Gasteiger partial charge in [-0.25, -0.2) is 14.4 Å². The summed E-state index contributed by atoms with van der Waals surface area (Å²) < 4.78 is 49.0. The lowest BCUT2D eigenvalue weighted by Crippen LogP contribution is -2.62. The van der Waals surface area contributed by atoms with Crippen LogP contribution in [0, 0.1) is 34.5 Å². The summed E-state index contributed by atoms with van der Waals surface area (Å²) in [6.07, 6.45) is -0.391. The summed E-state index contributed by atoms with van der Waals surface area (Å²) in [4.78, 5) is 102. The minimum Gasteiger partial charge on any atom is -0.444 e. The van der Waals surface area contributed by atoms with E-state index in [0.717, 1.165) is 81.8 Å². The van der Waals surface area contributed by atoms with E-state index in [9.17, 15) is 46.7 Å². The normalized spacial score (nSPS) is 21.2. The molecule has 8 heterocycles. The van der Waals surface area contributed by atoms with Gasteiger partial charge in [-0.1, -0.05) is 49.6 Å². The molecule has 2 aromatic heterocycles. The highest BCUT2D eigenvalue weighted by Crippen LogP contribution is 2.41. The Kier molecular flexibility index (Phi) is 17.3. The van der Waals surface area contributed by atoms with Crippen molar-refractivity contribution in [1.29, 1.82) is 0 Å². The maximum absolute atomic E-state index is 13.1. The first-order valence-electron chi connectivity index (χ1n) is 26.6. The summed E-state index contributed by atoms with van der Waals surface area (Å²) in [5, 5.41) is 8.07. The van der Waals surface area contributed by atoms with Crippen molar-refractivity contribution < 1.29 is 48.0 Å². The quantitative estimate of drug-likeness (QED) is 0.150. The molecule has 19 nitrogen and oxygen atoms in total. The Morgan fingerprint density at radius 2 is 1.13 bits per heavy atom. The van der Waals surface area contributed by atoms with E-state index in [2.05, 4.69) is 49.4 Å². The highest BCUT2D eigenvalue weighted by molar-refractivity contribution is 6.01. The number of hydrogen-bond donors (Lipinski definition) is 3. The fraction of sp³-hybridized carbons (Fsp3) is 0.564. The average molecular weight is 1070 g/mol. The molecule has 2 unspecified atom stereocenters. The van der Waals surface area contributed by atoms with E-state index in [1.54, 1.807) is 30.5 Å². The molecule has 4 aromatic rings. The number of likely N-dealkylation sites (tertiary alicyclic amines) is 3. The van der Waals surface area contributed by atoms with Gasteiger partial charge in [-0.05, 0) is 115 Å². The molecule has 10 rings (SSSR count). The number of aldehydes is 1. The molecule has 22 heteroatoms. The summed E-state index contributed by atoms with van der Waals surface area (Å²) in [6, 6.07) is 9.75. The molecule has 0 aliphatic carbocycles. The number of alkyl halides is 3. The van der Waals surface area contributed by atoms with Crippen LogP contribution in [0.15, 0.2) is 46.0 Å². The largest absolute Gasteiger partial charge is 0.446 e.